The Hall–Kier alpha value is -3.13. The third kappa shape index (κ3) is 2.44. The molecule has 3 aromatic carbocycles. The minimum absolute atomic E-state index is 0.656. The summed E-state index contributed by atoms with van der Waals surface area (Å²) in [6.45, 7) is 3.66. The zero-order valence-electron chi connectivity index (χ0n) is 17.7. The first kappa shape index (κ1) is 14.0. The molecule has 2 nitrogen and oxygen atoms in total. The van der Waals surface area contributed by atoms with Crippen LogP contribution in [0.1, 0.15) is 20.8 Å². The van der Waals surface area contributed by atoms with E-state index >= 15 is 0 Å². The summed E-state index contributed by atoms with van der Waals surface area (Å²) < 4.78 is 24.7. The van der Waals surface area contributed by atoms with Gasteiger partial charge in [-0.1, -0.05) is 43.3 Å². The van der Waals surface area contributed by atoms with Gasteiger partial charge < -0.3 is 4.42 Å². The normalized spacial score (nSPS) is 13.3. The van der Waals surface area contributed by atoms with Crippen molar-refractivity contribution in [1.29, 1.82) is 0 Å². The largest absolute Gasteiger partial charge is 0.455 e. The number of fused-ring (bicyclic) bond motifs is 4. The molecule has 0 aliphatic carbocycles. The van der Waals surface area contributed by atoms with Crippen molar-refractivity contribution in [2.75, 3.05) is 0 Å². The molecule has 2 aromatic heterocycles. The molecule has 0 N–H and O–H groups in total. The minimum Gasteiger partial charge on any atom is -0.455 e. The number of aryl methyl sites for hydroxylation is 3. The lowest BCUT2D eigenvalue weighted by atomic mass is 9.98. The van der Waals surface area contributed by atoms with Gasteiger partial charge in [0.1, 0.15) is 18.2 Å². The van der Waals surface area contributed by atoms with E-state index in [4.69, 9.17) is 7.16 Å². The number of benzene rings is 3. The van der Waals surface area contributed by atoms with Gasteiger partial charge in [0.05, 0.1) is 5.56 Å². The molecule has 0 aliphatic heterocycles. The molecule has 5 aromatic rings. The van der Waals surface area contributed by atoms with Crippen molar-refractivity contribution in [2.45, 2.75) is 20.2 Å². The molecular formula is C25H22NO+. The van der Waals surface area contributed by atoms with E-state index in [1.165, 1.54) is 5.39 Å². The van der Waals surface area contributed by atoms with Crippen LogP contribution in [0.5, 0.6) is 0 Å². The van der Waals surface area contributed by atoms with Crippen LogP contribution < -0.4 is 4.57 Å². The second-order valence-electron chi connectivity index (χ2n) is 7.09. The second-order valence-corrected chi connectivity index (χ2v) is 7.09. The van der Waals surface area contributed by atoms with Gasteiger partial charge in [0, 0.05) is 25.6 Å². The standard InChI is InChI=1S/C25H22NO/c1-4-17-11-12-26(3)22(13-17)24-16(2)9-10-20-21-14-18-7-5-6-8-19(18)15-23(21)27-25(20)24/h5-15H,4H2,1-3H3/q+1/i4D2. The quantitative estimate of drug-likeness (QED) is 0.350. The van der Waals surface area contributed by atoms with Gasteiger partial charge in [-0.05, 0) is 47.3 Å². The molecule has 0 unspecified atom stereocenters. The number of aromatic nitrogens is 1. The Morgan fingerprint density at radius 3 is 2.52 bits per heavy atom. The first-order chi connectivity index (χ1) is 13.8. The molecule has 0 saturated heterocycles. The zero-order valence-corrected chi connectivity index (χ0v) is 15.7. The number of nitrogens with zero attached hydrogens (tertiary/aromatic N) is 1. The molecule has 2 heterocycles. The Morgan fingerprint density at radius 2 is 1.74 bits per heavy atom. The second kappa shape index (κ2) is 5.95. The monoisotopic (exact) mass is 354 g/mol. The highest BCUT2D eigenvalue weighted by Crippen LogP contribution is 2.38. The van der Waals surface area contributed by atoms with Gasteiger partial charge >= 0.3 is 0 Å². The molecule has 2 heteroatoms. The van der Waals surface area contributed by atoms with Gasteiger partial charge in [-0.15, -0.1) is 0 Å². The molecule has 0 spiro atoms. The van der Waals surface area contributed by atoms with E-state index in [1.54, 1.807) is 6.92 Å². The third-order valence-corrected chi connectivity index (χ3v) is 5.41. The summed E-state index contributed by atoms with van der Waals surface area (Å²) >= 11 is 0. The summed E-state index contributed by atoms with van der Waals surface area (Å²) in [6, 6.07) is 20.6. The van der Waals surface area contributed by atoms with Gasteiger partial charge in [0.2, 0.25) is 5.69 Å². The molecule has 132 valence electrons. The topological polar surface area (TPSA) is 17.0 Å². The lowest BCUT2D eigenvalue weighted by Crippen LogP contribution is -2.30. The Balaban J connectivity index is 1.87. The maximum absolute atomic E-state index is 8.12. The summed E-state index contributed by atoms with van der Waals surface area (Å²) in [4.78, 5) is 0. The Kier molecular flexibility index (Phi) is 3.08. The van der Waals surface area contributed by atoms with Crippen LogP contribution in [0.2, 0.25) is 0 Å². The van der Waals surface area contributed by atoms with Gasteiger partial charge in [0.25, 0.3) is 0 Å². The van der Waals surface area contributed by atoms with E-state index in [9.17, 15) is 0 Å². The Morgan fingerprint density at radius 1 is 0.963 bits per heavy atom. The predicted octanol–water partition coefficient (Wildman–Crippen LogP) is 6.10. The lowest BCUT2D eigenvalue weighted by Gasteiger charge is -2.07. The van der Waals surface area contributed by atoms with Crippen molar-refractivity contribution < 1.29 is 11.7 Å². The average molecular weight is 354 g/mol. The number of furan rings is 1. The molecule has 0 bridgehead atoms. The van der Waals surface area contributed by atoms with Crippen molar-refractivity contribution in [3.8, 4) is 11.3 Å². The van der Waals surface area contributed by atoms with Gasteiger partial charge in [-0.2, -0.15) is 0 Å². The van der Waals surface area contributed by atoms with Crippen molar-refractivity contribution in [3.63, 3.8) is 0 Å². The van der Waals surface area contributed by atoms with Crippen LogP contribution in [0.25, 0.3) is 44.0 Å². The maximum atomic E-state index is 8.12. The lowest BCUT2D eigenvalue weighted by molar-refractivity contribution is -0.660. The molecule has 27 heavy (non-hydrogen) atoms. The van der Waals surface area contributed by atoms with E-state index in [-0.39, 0.29) is 0 Å². The smallest absolute Gasteiger partial charge is 0.216 e. The summed E-state index contributed by atoms with van der Waals surface area (Å²) in [5, 5.41) is 4.53. The fourth-order valence-electron chi connectivity index (χ4n) is 3.92. The Labute approximate surface area is 161 Å². The molecule has 0 saturated carbocycles. The Bertz CT molecular complexity index is 1410. The van der Waals surface area contributed by atoms with Crippen LogP contribution in [-0.2, 0) is 13.4 Å². The van der Waals surface area contributed by atoms with E-state index in [2.05, 4.69) is 49.4 Å². The van der Waals surface area contributed by atoms with Gasteiger partial charge in [0.15, 0.2) is 6.20 Å². The predicted molar refractivity (Wildman–Crippen MR) is 112 cm³/mol. The average Bonchev–Trinajstić information content (AvgIpc) is 3.03. The summed E-state index contributed by atoms with van der Waals surface area (Å²) in [5.74, 6) is 0. The van der Waals surface area contributed by atoms with E-state index in [0.717, 1.165) is 44.1 Å². The summed E-state index contributed by atoms with van der Waals surface area (Å²) in [7, 11) is 1.99. The van der Waals surface area contributed by atoms with E-state index in [1.807, 2.05) is 36.0 Å². The third-order valence-electron chi connectivity index (χ3n) is 5.41. The fourth-order valence-corrected chi connectivity index (χ4v) is 3.92. The van der Waals surface area contributed by atoms with E-state index in [0.29, 0.717) is 5.56 Å². The summed E-state index contributed by atoms with van der Waals surface area (Å²) in [6.07, 6.45) is 0.512. The highest BCUT2D eigenvalue weighted by molar-refractivity contribution is 6.13. The van der Waals surface area contributed by atoms with Gasteiger partial charge in [-0.25, -0.2) is 4.57 Å². The van der Waals surface area contributed by atoms with Crippen LogP contribution in [0.4, 0.5) is 0 Å². The maximum Gasteiger partial charge on any atom is 0.216 e. The van der Waals surface area contributed by atoms with Crippen molar-refractivity contribution in [1.82, 2.24) is 0 Å². The fraction of sp³-hybridized carbons (Fsp3) is 0.160. The molecule has 0 amide bonds. The minimum atomic E-state index is -1.41. The SMILES string of the molecule is [2H]C([2H])(C)c1cc[n+](C)c(-c2c(C)ccc3c2oc2cc4ccccc4cc23)c1. The molecule has 5 rings (SSSR count). The molecule has 0 radical (unpaired) electrons. The van der Waals surface area contributed by atoms with Crippen LogP contribution in [0.15, 0.2) is 71.3 Å². The molecular weight excluding hydrogens is 330 g/mol. The molecule has 0 atom stereocenters. The zero-order chi connectivity index (χ0) is 20.3. The van der Waals surface area contributed by atoms with Crippen LogP contribution in [-0.4, -0.2) is 0 Å². The number of pyridine rings is 1. The van der Waals surface area contributed by atoms with Crippen molar-refractivity contribution in [3.05, 3.63) is 78.0 Å². The van der Waals surface area contributed by atoms with Crippen LogP contribution in [0, 0.1) is 6.92 Å². The summed E-state index contributed by atoms with van der Waals surface area (Å²) in [5.41, 5.74) is 5.43. The van der Waals surface area contributed by atoms with E-state index < -0.39 is 6.37 Å². The van der Waals surface area contributed by atoms with Crippen LogP contribution in [0.3, 0.4) is 0 Å². The first-order valence-electron chi connectivity index (χ1n) is 10.2. The number of hydrogen-bond acceptors (Lipinski definition) is 1. The van der Waals surface area contributed by atoms with Crippen molar-refractivity contribution >= 4 is 32.7 Å². The molecule has 0 aliphatic rings. The van der Waals surface area contributed by atoms with Crippen LogP contribution >= 0.6 is 0 Å². The van der Waals surface area contributed by atoms with Crippen molar-refractivity contribution in [2.24, 2.45) is 7.05 Å². The number of hydrogen-bond donors (Lipinski definition) is 0. The number of rotatable bonds is 2. The van der Waals surface area contributed by atoms with Gasteiger partial charge in [-0.3, -0.25) is 0 Å². The highest BCUT2D eigenvalue weighted by Gasteiger charge is 2.21. The molecule has 0 fully saturated rings. The first-order valence-corrected chi connectivity index (χ1v) is 9.18. The highest BCUT2D eigenvalue weighted by atomic mass is 16.3.